The largest absolute Gasteiger partial charge is 0.417 e. The lowest BCUT2D eigenvalue weighted by Crippen LogP contribution is -2.42. The molecule has 1 saturated heterocycles. The van der Waals surface area contributed by atoms with Crippen molar-refractivity contribution in [2.24, 2.45) is 0 Å². The van der Waals surface area contributed by atoms with Crippen LogP contribution in [0.5, 0.6) is 0 Å². The van der Waals surface area contributed by atoms with Crippen LogP contribution in [0.4, 0.5) is 18.9 Å². The molecule has 0 radical (unpaired) electrons. The van der Waals surface area contributed by atoms with Gasteiger partial charge in [0.1, 0.15) is 0 Å². The van der Waals surface area contributed by atoms with Crippen molar-refractivity contribution in [3.8, 4) is 6.07 Å². The van der Waals surface area contributed by atoms with E-state index in [1.54, 1.807) is 11.0 Å². The van der Waals surface area contributed by atoms with Crippen molar-refractivity contribution in [3.05, 3.63) is 29.3 Å². The molecule has 1 aromatic rings. The molecule has 1 aliphatic rings. The predicted octanol–water partition coefficient (Wildman–Crippen LogP) is 2.93. The summed E-state index contributed by atoms with van der Waals surface area (Å²) >= 11 is 0. The first-order chi connectivity index (χ1) is 9.47. The zero-order valence-corrected chi connectivity index (χ0v) is 10.8. The molecule has 0 bridgehead atoms. The molecule has 0 aliphatic carbocycles. The van der Waals surface area contributed by atoms with Crippen molar-refractivity contribution in [1.29, 1.82) is 5.26 Å². The minimum atomic E-state index is -4.55. The fourth-order valence-corrected chi connectivity index (χ4v) is 2.57. The quantitative estimate of drug-likeness (QED) is 0.908. The highest BCUT2D eigenvalue weighted by atomic mass is 19.4. The van der Waals surface area contributed by atoms with Crippen LogP contribution in [0, 0.1) is 11.3 Å². The number of nitrogens with zero attached hydrogens (tertiary/aromatic N) is 2. The van der Waals surface area contributed by atoms with Crippen LogP contribution in [0.1, 0.15) is 30.4 Å². The van der Waals surface area contributed by atoms with Gasteiger partial charge in [0.2, 0.25) is 0 Å². The third kappa shape index (κ3) is 2.88. The molecule has 1 aliphatic heterocycles. The number of piperidine rings is 1. The SMILES string of the molecule is N#Cc1ccc(N2CCCCC2CO)cc1C(F)(F)F. The Balaban J connectivity index is 2.40. The van der Waals surface area contributed by atoms with Crippen LogP contribution >= 0.6 is 0 Å². The van der Waals surface area contributed by atoms with Gasteiger partial charge in [-0.05, 0) is 37.5 Å². The van der Waals surface area contributed by atoms with E-state index in [9.17, 15) is 18.3 Å². The lowest BCUT2D eigenvalue weighted by atomic mass is 10.00. The van der Waals surface area contributed by atoms with Crippen LogP contribution in [0.15, 0.2) is 18.2 Å². The van der Waals surface area contributed by atoms with Crippen LogP contribution in [-0.2, 0) is 6.18 Å². The number of rotatable bonds is 2. The number of anilines is 1. The number of aliphatic hydroxyl groups is 1. The lowest BCUT2D eigenvalue weighted by molar-refractivity contribution is -0.137. The van der Waals surface area contributed by atoms with Gasteiger partial charge in [-0.2, -0.15) is 18.4 Å². The van der Waals surface area contributed by atoms with Crippen LogP contribution < -0.4 is 4.90 Å². The van der Waals surface area contributed by atoms with Gasteiger partial charge in [-0.1, -0.05) is 0 Å². The smallest absolute Gasteiger partial charge is 0.394 e. The topological polar surface area (TPSA) is 47.3 Å². The first-order valence-corrected chi connectivity index (χ1v) is 6.46. The molecule has 1 heterocycles. The van der Waals surface area contributed by atoms with Crippen LogP contribution in [0.2, 0.25) is 0 Å². The van der Waals surface area contributed by atoms with E-state index in [2.05, 4.69) is 0 Å². The summed E-state index contributed by atoms with van der Waals surface area (Å²) < 4.78 is 38.8. The Hall–Kier alpha value is -1.74. The van der Waals surface area contributed by atoms with E-state index in [0.717, 1.165) is 25.3 Å². The van der Waals surface area contributed by atoms with E-state index in [-0.39, 0.29) is 18.2 Å². The van der Waals surface area contributed by atoms with Gasteiger partial charge in [0.25, 0.3) is 0 Å². The molecule has 1 fully saturated rings. The Bertz CT molecular complexity index is 522. The van der Waals surface area contributed by atoms with Crippen molar-refractivity contribution in [2.45, 2.75) is 31.5 Å². The predicted molar refractivity (Wildman–Crippen MR) is 68.2 cm³/mol. The summed E-state index contributed by atoms with van der Waals surface area (Å²) in [7, 11) is 0. The molecule has 3 nitrogen and oxygen atoms in total. The average molecular weight is 284 g/mol. The van der Waals surface area contributed by atoms with Gasteiger partial charge in [0.05, 0.1) is 29.8 Å². The van der Waals surface area contributed by atoms with Gasteiger partial charge in [-0.25, -0.2) is 0 Å². The second-order valence-electron chi connectivity index (χ2n) is 4.87. The summed E-state index contributed by atoms with van der Waals surface area (Å²) in [5.41, 5.74) is -0.881. The molecule has 0 saturated carbocycles. The van der Waals surface area contributed by atoms with Crippen LogP contribution in [0.25, 0.3) is 0 Å². The number of hydrogen-bond donors (Lipinski definition) is 1. The molecule has 20 heavy (non-hydrogen) atoms. The third-order valence-electron chi connectivity index (χ3n) is 3.60. The van der Waals surface area contributed by atoms with Gasteiger partial charge < -0.3 is 10.0 Å². The molecule has 2 rings (SSSR count). The average Bonchev–Trinajstić information content (AvgIpc) is 2.45. The Morgan fingerprint density at radius 2 is 2.10 bits per heavy atom. The number of hydrogen-bond acceptors (Lipinski definition) is 3. The number of nitriles is 1. The molecule has 0 aromatic heterocycles. The lowest BCUT2D eigenvalue weighted by Gasteiger charge is -2.36. The summed E-state index contributed by atoms with van der Waals surface area (Å²) in [4.78, 5) is 1.79. The highest BCUT2D eigenvalue weighted by Crippen LogP contribution is 2.35. The maximum Gasteiger partial charge on any atom is 0.417 e. The molecule has 1 unspecified atom stereocenters. The van der Waals surface area contributed by atoms with E-state index >= 15 is 0 Å². The van der Waals surface area contributed by atoms with Gasteiger partial charge in [-0.3, -0.25) is 0 Å². The fourth-order valence-electron chi connectivity index (χ4n) is 2.57. The number of alkyl halides is 3. The van der Waals surface area contributed by atoms with Gasteiger partial charge >= 0.3 is 6.18 Å². The summed E-state index contributed by atoms with van der Waals surface area (Å²) in [6, 6.07) is 5.13. The van der Waals surface area contributed by atoms with Crippen LogP contribution in [-0.4, -0.2) is 24.3 Å². The Morgan fingerprint density at radius 3 is 2.70 bits per heavy atom. The zero-order chi connectivity index (χ0) is 14.8. The molecule has 0 spiro atoms. The molecule has 1 N–H and O–H groups in total. The Morgan fingerprint density at radius 1 is 1.35 bits per heavy atom. The summed E-state index contributed by atoms with van der Waals surface area (Å²) in [6.07, 6.45) is -1.94. The van der Waals surface area contributed by atoms with Crippen molar-refractivity contribution in [3.63, 3.8) is 0 Å². The van der Waals surface area contributed by atoms with E-state index in [4.69, 9.17) is 5.26 Å². The van der Waals surface area contributed by atoms with E-state index in [1.807, 2.05) is 0 Å². The number of aliphatic hydroxyl groups excluding tert-OH is 1. The zero-order valence-electron chi connectivity index (χ0n) is 10.8. The summed E-state index contributed by atoms with van der Waals surface area (Å²) in [5, 5.41) is 18.1. The van der Waals surface area contributed by atoms with Gasteiger partial charge in [-0.15, -0.1) is 0 Å². The molecule has 1 aromatic carbocycles. The molecule has 6 heteroatoms. The summed E-state index contributed by atoms with van der Waals surface area (Å²) in [5.74, 6) is 0. The fraction of sp³-hybridized carbons (Fsp3) is 0.500. The van der Waals surface area contributed by atoms with Gasteiger partial charge in [0, 0.05) is 12.2 Å². The van der Waals surface area contributed by atoms with E-state index < -0.39 is 11.7 Å². The maximum atomic E-state index is 12.9. The monoisotopic (exact) mass is 284 g/mol. The van der Waals surface area contributed by atoms with Crippen LogP contribution in [0.3, 0.4) is 0 Å². The molecule has 0 amide bonds. The van der Waals surface area contributed by atoms with Crippen molar-refractivity contribution in [1.82, 2.24) is 0 Å². The van der Waals surface area contributed by atoms with Gasteiger partial charge in [0.15, 0.2) is 0 Å². The van der Waals surface area contributed by atoms with Crippen molar-refractivity contribution >= 4 is 5.69 Å². The normalized spacial score (nSPS) is 19.8. The molecule has 1 atom stereocenters. The summed E-state index contributed by atoms with van der Waals surface area (Å²) in [6.45, 7) is 0.537. The first-order valence-electron chi connectivity index (χ1n) is 6.46. The number of halogens is 3. The molecular formula is C14H15F3N2O. The Labute approximate surface area is 115 Å². The first kappa shape index (κ1) is 14.7. The highest BCUT2D eigenvalue weighted by molar-refractivity contribution is 5.55. The van der Waals surface area contributed by atoms with E-state index in [0.29, 0.717) is 12.2 Å². The third-order valence-corrected chi connectivity index (χ3v) is 3.60. The standard InChI is InChI=1S/C14H15F3N2O/c15-14(16,17)13-7-11(5-4-10(13)8-18)19-6-2-1-3-12(19)9-20/h4-5,7,12,20H,1-3,6,9H2. The van der Waals surface area contributed by atoms with Crippen molar-refractivity contribution < 1.29 is 18.3 Å². The second kappa shape index (κ2) is 5.71. The highest BCUT2D eigenvalue weighted by Gasteiger charge is 2.34. The van der Waals surface area contributed by atoms with E-state index in [1.165, 1.54) is 12.1 Å². The van der Waals surface area contributed by atoms with Crippen molar-refractivity contribution in [2.75, 3.05) is 18.1 Å². The number of benzene rings is 1. The molecule has 108 valence electrons. The minimum absolute atomic E-state index is 0.0820. The minimum Gasteiger partial charge on any atom is -0.394 e. The Kier molecular flexibility index (Phi) is 4.19. The second-order valence-corrected chi connectivity index (χ2v) is 4.87. The maximum absolute atomic E-state index is 12.9. The molecular weight excluding hydrogens is 269 g/mol.